The number of aryl methyl sites for hydroxylation is 2. The Hall–Kier alpha value is -2.24. The largest absolute Gasteiger partial charge is 0.361 e. The van der Waals surface area contributed by atoms with Gasteiger partial charge in [-0.15, -0.1) is 0 Å². The smallest absolute Gasteiger partial charge is 0.274 e. The zero-order valence-corrected chi connectivity index (χ0v) is 12.2. The monoisotopic (exact) mass is 286 g/mol. The summed E-state index contributed by atoms with van der Waals surface area (Å²) in [6.07, 6.45) is 6.14. The minimum atomic E-state index is -0.0900. The molecule has 3 rings (SSSR count). The van der Waals surface area contributed by atoms with E-state index < -0.39 is 0 Å². The van der Waals surface area contributed by atoms with Gasteiger partial charge in [0.1, 0.15) is 17.1 Å². The third-order valence-electron chi connectivity index (χ3n) is 3.75. The number of aromatic nitrogens is 3. The van der Waals surface area contributed by atoms with Crippen molar-refractivity contribution >= 4 is 5.91 Å². The molecule has 0 aliphatic carbocycles. The van der Waals surface area contributed by atoms with Gasteiger partial charge in [0, 0.05) is 18.8 Å². The van der Waals surface area contributed by atoms with Crippen LogP contribution in [-0.2, 0) is 0 Å². The van der Waals surface area contributed by atoms with Gasteiger partial charge in [-0.2, -0.15) is 0 Å². The number of rotatable bonds is 2. The molecule has 21 heavy (non-hydrogen) atoms. The van der Waals surface area contributed by atoms with Crippen LogP contribution in [0.1, 0.15) is 52.9 Å². The molecule has 1 atom stereocenters. The lowest BCUT2D eigenvalue weighted by atomic mass is 9.98. The van der Waals surface area contributed by atoms with E-state index in [2.05, 4.69) is 15.1 Å². The fourth-order valence-corrected chi connectivity index (χ4v) is 2.67. The molecule has 2 aromatic heterocycles. The summed E-state index contributed by atoms with van der Waals surface area (Å²) >= 11 is 0. The molecule has 0 bridgehead atoms. The molecule has 6 heteroatoms. The van der Waals surface area contributed by atoms with Gasteiger partial charge in [-0.05, 0) is 33.1 Å². The lowest BCUT2D eigenvalue weighted by molar-refractivity contribution is 0.0595. The predicted molar refractivity (Wildman–Crippen MR) is 75.6 cm³/mol. The van der Waals surface area contributed by atoms with Gasteiger partial charge >= 0.3 is 0 Å². The van der Waals surface area contributed by atoms with Crippen LogP contribution in [0.5, 0.6) is 0 Å². The number of hydrogen-bond acceptors (Lipinski definition) is 5. The van der Waals surface area contributed by atoms with E-state index in [1.165, 1.54) is 6.20 Å². The van der Waals surface area contributed by atoms with Crippen LogP contribution in [0.2, 0.25) is 0 Å². The minimum Gasteiger partial charge on any atom is -0.361 e. The van der Waals surface area contributed by atoms with Gasteiger partial charge in [0.2, 0.25) is 0 Å². The van der Waals surface area contributed by atoms with Crippen molar-refractivity contribution in [3.05, 3.63) is 41.3 Å². The van der Waals surface area contributed by atoms with Crippen LogP contribution < -0.4 is 0 Å². The van der Waals surface area contributed by atoms with Gasteiger partial charge in [-0.25, -0.2) is 4.98 Å². The Bertz CT molecular complexity index is 635. The first-order valence-electron chi connectivity index (χ1n) is 7.18. The van der Waals surface area contributed by atoms with E-state index in [9.17, 15) is 4.79 Å². The summed E-state index contributed by atoms with van der Waals surface area (Å²) in [7, 11) is 0. The quantitative estimate of drug-likeness (QED) is 0.848. The average molecular weight is 286 g/mol. The molecule has 6 nitrogen and oxygen atoms in total. The fourth-order valence-electron chi connectivity index (χ4n) is 2.67. The molecule has 1 aliphatic heterocycles. The third kappa shape index (κ3) is 2.79. The summed E-state index contributed by atoms with van der Waals surface area (Å²) in [6, 6.07) is 1.86. The number of hydrogen-bond donors (Lipinski definition) is 0. The molecule has 3 heterocycles. The molecule has 0 N–H and O–H groups in total. The molecule has 2 aromatic rings. The maximum Gasteiger partial charge on any atom is 0.274 e. The maximum absolute atomic E-state index is 12.7. The number of amides is 1. The Morgan fingerprint density at radius 3 is 2.81 bits per heavy atom. The number of piperidine rings is 1. The van der Waals surface area contributed by atoms with Crippen LogP contribution in [0.15, 0.2) is 23.0 Å². The SMILES string of the molecule is Cc1cnc(C(=O)N2CCCCC2c2cc(C)on2)cn1. The van der Waals surface area contributed by atoms with Gasteiger partial charge in [0.25, 0.3) is 5.91 Å². The van der Waals surface area contributed by atoms with E-state index in [-0.39, 0.29) is 11.9 Å². The molecule has 0 saturated carbocycles. The van der Waals surface area contributed by atoms with Crippen molar-refractivity contribution < 1.29 is 9.32 Å². The van der Waals surface area contributed by atoms with Crippen molar-refractivity contribution in [2.45, 2.75) is 39.2 Å². The standard InChI is InChI=1S/C15H18N4O2/c1-10-8-17-13(9-16-10)15(20)19-6-4-3-5-14(19)12-7-11(2)21-18-12/h7-9,14H,3-6H2,1-2H3. The zero-order valence-electron chi connectivity index (χ0n) is 12.2. The van der Waals surface area contributed by atoms with E-state index in [1.54, 1.807) is 6.20 Å². The Kier molecular flexibility index (Phi) is 3.68. The van der Waals surface area contributed by atoms with E-state index >= 15 is 0 Å². The predicted octanol–water partition coefficient (Wildman–Crippen LogP) is 2.45. The Morgan fingerprint density at radius 2 is 2.14 bits per heavy atom. The number of carbonyl (C=O) groups is 1. The molecule has 1 fully saturated rings. The van der Waals surface area contributed by atoms with Crippen molar-refractivity contribution in [1.29, 1.82) is 0 Å². The lowest BCUT2D eigenvalue weighted by Crippen LogP contribution is -2.39. The first kappa shape index (κ1) is 13.7. The summed E-state index contributed by atoms with van der Waals surface area (Å²) in [5.74, 6) is 0.672. The first-order valence-corrected chi connectivity index (χ1v) is 7.18. The minimum absolute atomic E-state index is 0.0354. The van der Waals surface area contributed by atoms with E-state index in [0.717, 1.165) is 36.4 Å². The highest BCUT2D eigenvalue weighted by Crippen LogP contribution is 2.31. The number of likely N-dealkylation sites (tertiary alicyclic amines) is 1. The van der Waals surface area contributed by atoms with Gasteiger partial charge in [0.05, 0.1) is 17.9 Å². The van der Waals surface area contributed by atoms with Crippen LogP contribution in [0, 0.1) is 13.8 Å². The molecule has 110 valence electrons. The second-order valence-electron chi connectivity index (χ2n) is 5.42. The fraction of sp³-hybridized carbons (Fsp3) is 0.467. The van der Waals surface area contributed by atoms with E-state index in [1.807, 2.05) is 24.8 Å². The molecule has 1 unspecified atom stereocenters. The average Bonchev–Trinajstić information content (AvgIpc) is 2.94. The second kappa shape index (κ2) is 5.63. The Morgan fingerprint density at radius 1 is 1.29 bits per heavy atom. The zero-order chi connectivity index (χ0) is 14.8. The number of nitrogens with zero attached hydrogens (tertiary/aromatic N) is 4. The molecule has 1 amide bonds. The Labute approximate surface area is 123 Å². The summed E-state index contributed by atoms with van der Waals surface area (Å²) in [4.78, 5) is 22.8. The van der Waals surface area contributed by atoms with Crippen molar-refractivity contribution in [3.8, 4) is 0 Å². The van der Waals surface area contributed by atoms with Crippen LogP contribution in [-0.4, -0.2) is 32.5 Å². The van der Waals surface area contributed by atoms with Crippen molar-refractivity contribution in [3.63, 3.8) is 0 Å². The number of carbonyl (C=O) groups excluding carboxylic acids is 1. The third-order valence-corrected chi connectivity index (χ3v) is 3.75. The molecule has 0 spiro atoms. The van der Waals surface area contributed by atoms with E-state index in [0.29, 0.717) is 12.2 Å². The van der Waals surface area contributed by atoms with Crippen LogP contribution in [0.25, 0.3) is 0 Å². The van der Waals surface area contributed by atoms with Gasteiger partial charge in [-0.3, -0.25) is 9.78 Å². The molecule has 1 aliphatic rings. The highest BCUT2D eigenvalue weighted by molar-refractivity contribution is 5.92. The summed E-state index contributed by atoms with van der Waals surface area (Å²) in [5, 5.41) is 4.07. The summed E-state index contributed by atoms with van der Waals surface area (Å²) in [6.45, 7) is 4.42. The molecule has 0 radical (unpaired) electrons. The lowest BCUT2D eigenvalue weighted by Gasteiger charge is -2.34. The van der Waals surface area contributed by atoms with Gasteiger partial charge in [0.15, 0.2) is 0 Å². The molecule has 0 aromatic carbocycles. The van der Waals surface area contributed by atoms with Crippen LogP contribution in [0.3, 0.4) is 0 Å². The first-order chi connectivity index (χ1) is 10.1. The topological polar surface area (TPSA) is 72.1 Å². The van der Waals surface area contributed by atoms with Crippen LogP contribution in [0.4, 0.5) is 0 Å². The van der Waals surface area contributed by atoms with Gasteiger partial charge in [-0.1, -0.05) is 5.16 Å². The normalized spacial score (nSPS) is 18.8. The van der Waals surface area contributed by atoms with E-state index in [4.69, 9.17) is 4.52 Å². The summed E-state index contributed by atoms with van der Waals surface area (Å²) in [5.41, 5.74) is 2.00. The van der Waals surface area contributed by atoms with Crippen LogP contribution >= 0.6 is 0 Å². The van der Waals surface area contributed by atoms with Crippen molar-refractivity contribution in [2.24, 2.45) is 0 Å². The highest BCUT2D eigenvalue weighted by Gasteiger charge is 2.31. The molecule has 1 saturated heterocycles. The molecular formula is C15H18N4O2. The second-order valence-corrected chi connectivity index (χ2v) is 5.42. The molecular weight excluding hydrogens is 268 g/mol. The highest BCUT2D eigenvalue weighted by atomic mass is 16.5. The maximum atomic E-state index is 12.7. The summed E-state index contributed by atoms with van der Waals surface area (Å²) < 4.78 is 5.15. The van der Waals surface area contributed by atoms with Crippen molar-refractivity contribution in [2.75, 3.05) is 6.54 Å². The Balaban J connectivity index is 1.87. The van der Waals surface area contributed by atoms with Gasteiger partial charge < -0.3 is 9.42 Å². The van der Waals surface area contributed by atoms with Crippen molar-refractivity contribution in [1.82, 2.24) is 20.0 Å².